The highest BCUT2D eigenvalue weighted by Gasteiger charge is 2.06. The van der Waals surface area contributed by atoms with Crippen molar-refractivity contribution >= 4 is 6.29 Å². The largest absolute Gasteiger partial charge is 0.379 e. The molecule has 1 aromatic rings. The Morgan fingerprint density at radius 3 is 2.69 bits per heavy atom. The summed E-state index contributed by atoms with van der Waals surface area (Å²) in [6, 6.07) is 9.99. The van der Waals surface area contributed by atoms with E-state index in [1.807, 2.05) is 30.3 Å². The van der Waals surface area contributed by atoms with Gasteiger partial charge in [0.05, 0.1) is 19.3 Å². The van der Waals surface area contributed by atoms with Gasteiger partial charge in [0.1, 0.15) is 6.29 Å². The first-order chi connectivity index (χ1) is 7.86. The van der Waals surface area contributed by atoms with Crippen molar-refractivity contribution in [3.8, 4) is 0 Å². The third kappa shape index (κ3) is 5.05. The van der Waals surface area contributed by atoms with Crippen LogP contribution in [-0.4, -0.2) is 26.1 Å². The normalized spacial score (nSPS) is 12.3. The molecule has 0 radical (unpaired) electrons. The number of benzene rings is 1. The van der Waals surface area contributed by atoms with Gasteiger partial charge in [-0.3, -0.25) is 0 Å². The topological polar surface area (TPSA) is 35.5 Å². The van der Waals surface area contributed by atoms with Gasteiger partial charge in [0.25, 0.3) is 0 Å². The van der Waals surface area contributed by atoms with Crippen LogP contribution in [0.15, 0.2) is 30.3 Å². The van der Waals surface area contributed by atoms with Gasteiger partial charge in [-0.15, -0.1) is 0 Å². The summed E-state index contributed by atoms with van der Waals surface area (Å²) in [4.78, 5) is 10.2. The third-order valence-electron chi connectivity index (χ3n) is 2.36. The fourth-order valence-corrected chi connectivity index (χ4v) is 1.41. The number of ether oxygens (including phenoxy) is 2. The molecule has 3 heteroatoms. The van der Waals surface area contributed by atoms with E-state index in [9.17, 15) is 4.79 Å². The molecule has 0 aliphatic carbocycles. The molecule has 0 heterocycles. The Balaban J connectivity index is 2.20. The van der Waals surface area contributed by atoms with Crippen LogP contribution in [0.3, 0.4) is 0 Å². The lowest BCUT2D eigenvalue weighted by Gasteiger charge is -2.14. The van der Waals surface area contributed by atoms with Gasteiger partial charge in [-0.05, 0) is 12.0 Å². The van der Waals surface area contributed by atoms with Crippen molar-refractivity contribution in [2.24, 2.45) is 0 Å². The lowest BCUT2D eigenvalue weighted by Crippen LogP contribution is -2.18. The first-order valence-electron chi connectivity index (χ1n) is 5.45. The summed E-state index contributed by atoms with van der Waals surface area (Å²) >= 11 is 0. The van der Waals surface area contributed by atoms with E-state index in [1.165, 1.54) is 0 Å². The fourth-order valence-electron chi connectivity index (χ4n) is 1.41. The van der Waals surface area contributed by atoms with Gasteiger partial charge in [-0.2, -0.15) is 0 Å². The van der Waals surface area contributed by atoms with E-state index in [0.717, 1.165) is 18.3 Å². The van der Waals surface area contributed by atoms with Gasteiger partial charge in [-0.1, -0.05) is 30.3 Å². The first kappa shape index (κ1) is 12.9. The first-order valence-corrected chi connectivity index (χ1v) is 5.45. The molecule has 0 saturated heterocycles. The number of rotatable bonds is 8. The molecular weight excluding hydrogens is 204 g/mol. The Kier molecular flexibility index (Phi) is 6.45. The second-order valence-electron chi connectivity index (χ2n) is 3.60. The minimum absolute atomic E-state index is 0.00825. The van der Waals surface area contributed by atoms with Gasteiger partial charge in [0, 0.05) is 13.5 Å². The van der Waals surface area contributed by atoms with E-state index in [-0.39, 0.29) is 6.10 Å². The lowest BCUT2D eigenvalue weighted by atomic mass is 10.2. The number of methoxy groups -OCH3 is 1. The Labute approximate surface area is 96.4 Å². The fraction of sp³-hybridized carbons (Fsp3) is 0.462. The van der Waals surface area contributed by atoms with E-state index < -0.39 is 0 Å². The van der Waals surface area contributed by atoms with Gasteiger partial charge in [0.2, 0.25) is 0 Å². The SMILES string of the molecule is CO[C@H](CCC=O)COCc1ccccc1. The van der Waals surface area contributed by atoms with Crippen molar-refractivity contribution in [1.82, 2.24) is 0 Å². The summed E-state index contributed by atoms with van der Waals surface area (Å²) in [6.07, 6.45) is 2.15. The average molecular weight is 222 g/mol. The molecule has 88 valence electrons. The van der Waals surface area contributed by atoms with Crippen molar-refractivity contribution in [1.29, 1.82) is 0 Å². The van der Waals surface area contributed by atoms with E-state index >= 15 is 0 Å². The van der Waals surface area contributed by atoms with Crippen molar-refractivity contribution in [2.45, 2.75) is 25.6 Å². The van der Waals surface area contributed by atoms with Crippen LogP contribution in [0.2, 0.25) is 0 Å². The summed E-state index contributed by atoms with van der Waals surface area (Å²) in [5, 5.41) is 0. The maximum absolute atomic E-state index is 10.2. The van der Waals surface area contributed by atoms with Crippen LogP contribution in [0, 0.1) is 0 Å². The lowest BCUT2D eigenvalue weighted by molar-refractivity contribution is -0.108. The van der Waals surface area contributed by atoms with Crippen LogP contribution < -0.4 is 0 Å². The van der Waals surface area contributed by atoms with Crippen molar-refractivity contribution in [3.63, 3.8) is 0 Å². The molecule has 0 N–H and O–H groups in total. The van der Waals surface area contributed by atoms with Crippen molar-refractivity contribution in [3.05, 3.63) is 35.9 Å². The quantitative estimate of drug-likeness (QED) is 0.632. The second kappa shape index (κ2) is 8.02. The third-order valence-corrected chi connectivity index (χ3v) is 2.36. The van der Waals surface area contributed by atoms with E-state index in [0.29, 0.717) is 19.6 Å². The smallest absolute Gasteiger partial charge is 0.120 e. The molecule has 0 spiro atoms. The van der Waals surface area contributed by atoms with Gasteiger partial charge >= 0.3 is 0 Å². The number of hydrogen-bond acceptors (Lipinski definition) is 3. The van der Waals surface area contributed by atoms with Gasteiger partial charge in [-0.25, -0.2) is 0 Å². The molecule has 0 unspecified atom stereocenters. The predicted molar refractivity (Wildman–Crippen MR) is 62.2 cm³/mol. The summed E-state index contributed by atoms with van der Waals surface area (Å²) in [5.41, 5.74) is 1.15. The summed E-state index contributed by atoms with van der Waals surface area (Å²) in [6.45, 7) is 1.11. The van der Waals surface area contributed by atoms with Crippen LogP contribution in [0.5, 0.6) is 0 Å². The number of aldehydes is 1. The molecular formula is C13H18O3. The molecule has 0 aliphatic rings. The zero-order valence-electron chi connectivity index (χ0n) is 9.59. The monoisotopic (exact) mass is 222 g/mol. The van der Waals surface area contributed by atoms with Gasteiger partial charge < -0.3 is 14.3 Å². The molecule has 0 amide bonds. The Morgan fingerprint density at radius 2 is 2.06 bits per heavy atom. The summed E-state index contributed by atoms with van der Waals surface area (Å²) in [7, 11) is 1.64. The van der Waals surface area contributed by atoms with Crippen LogP contribution in [0.25, 0.3) is 0 Å². The van der Waals surface area contributed by atoms with Crippen molar-refractivity contribution in [2.75, 3.05) is 13.7 Å². The molecule has 1 aromatic carbocycles. The standard InChI is InChI=1S/C13H18O3/c1-15-13(8-5-9-14)11-16-10-12-6-3-2-4-7-12/h2-4,6-7,9,13H,5,8,10-11H2,1H3/t13-/m1/s1. The average Bonchev–Trinajstić information content (AvgIpc) is 2.35. The molecule has 16 heavy (non-hydrogen) atoms. The van der Waals surface area contributed by atoms with E-state index in [2.05, 4.69) is 0 Å². The van der Waals surface area contributed by atoms with Crippen LogP contribution in [0.4, 0.5) is 0 Å². The zero-order valence-corrected chi connectivity index (χ0v) is 9.59. The highest BCUT2D eigenvalue weighted by molar-refractivity contribution is 5.49. The van der Waals surface area contributed by atoms with E-state index in [4.69, 9.17) is 9.47 Å². The predicted octanol–water partition coefficient (Wildman–Crippen LogP) is 2.20. The maximum Gasteiger partial charge on any atom is 0.120 e. The zero-order chi connectivity index (χ0) is 11.6. The number of carbonyl (C=O) groups is 1. The molecule has 3 nitrogen and oxygen atoms in total. The molecule has 0 aromatic heterocycles. The molecule has 0 aliphatic heterocycles. The highest BCUT2D eigenvalue weighted by Crippen LogP contribution is 2.04. The number of carbonyl (C=O) groups excluding carboxylic acids is 1. The Morgan fingerprint density at radius 1 is 1.31 bits per heavy atom. The number of hydrogen-bond donors (Lipinski definition) is 0. The van der Waals surface area contributed by atoms with Crippen molar-refractivity contribution < 1.29 is 14.3 Å². The summed E-state index contributed by atoms with van der Waals surface area (Å²) < 4.78 is 10.7. The van der Waals surface area contributed by atoms with Crippen LogP contribution >= 0.6 is 0 Å². The maximum atomic E-state index is 10.2. The minimum Gasteiger partial charge on any atom is -0.379 e. The highest BCUT2D eigenvalue weighted by atomic mass is 16.5. The second-order valence-corrected chi connectivity index (χ2v) is 3.60. The Bertz CT molecular complexity index is 284. The molecule has 0 bridgehead atoms. The Hall–Kier alpha value is -1.19. The molecule has 0 saturated carbocycles. The molecule has 0 fully saturated rings. The van der Waals surface area contributed by atoms with E-state index in [1.54, 1.807) is 7.11 Å². The van der Waals surface area contributed by atoms with Crippen LogP contribution in [0.1, 0.15) is 18.4 Å². The summed E-state index contributed by atoms with van der Waals surface area (Å²) in [5.74, 6) is 0. The molecule has 1 rings (SSSR count). The van der Waals surface area contributed by atoms with Gasteiger partial charge in [0.15, 0.2) is 0 Å². The minimum atomic E-state index is 0.00825. The molecule has 1 atom stereocenters. The van der Waals surface area contributed by atoms with Crippen LogP contribution in [-0.2, 0) is 20.9 Å².